The third-order valence-corrected chi connectivity index (χ3v) is 9.81. The van der Waals surface area contributed by atoms with E-state index in [2.05, 4.69) is 47.4 Å². The fourth-order valence-electron chi connectivity index (χ4n) is 8.05. The average molecular weight is 431 g/mol. The van der Waals surface area contributed by atoms with E-state index in [0.29, 0.717) is 23.7 Å². The van der Waals surface area contributed by atoms with Crippen molar-refractivity contribution in [3.05, 3.63) is 53.9 Å². The minimum absolute atomic E-state index is 0.0847. The number of nitrogens with zero attached hydrogens (tertiary/aromatic N) is 2. The average Bonchev–Trinajstić information content (AvgIpc) is 3.10. The molecule has 0 amide bonds. The second-order valence-electron chi connectivity index (χ2n) is 11.2. The molecule has 3 fully saturated rings. The van der Waals surface area contributed by atoms with Gasteiger partial charge in [-0.2, -0.15) is 0 Å². The smallest absolute Gasteiger partial charge is 0.0890 e. The van der Waals surface area contributed by atoms with E-state index in [1.54, 1.807) is 0 Å². The number of pyridine rings is 1. The Morgan fingerprint density at radius 2 is 1.91 bits per heavy atom. The standard InChI is InChI=1S/C28H34N2O2/c1-27-11-9-23-15-19-4-5-24(30-32)16-20(19)8-12-28(23,31)26(27)7-6-25(27)21-3-2-18-10-13-29-17-22(18)14-21/h2-3,9-10,13-14,17,19-20,25-26,31-32H,4-8,11-12,15-16H2,1H3/b30-24-/t19?,20?,25?,26?,27?,28-/m1/s1. The van der Waals surface area contributed by atoms with E-state index in [1.807, 2.05) is 12.4 Å². The zero-order valence-corrected chi connectivity index (χ0v) is 19.0. The normalized spacial score (nSPS) is 40.3. The van der Waals surface area contributed by atoms with Gasteiger partial charge >= 0.3 is 0 Å². The first-order chi connectivity index (χ1) is 15.5. The first kappa shape index (κ1) is 20.4. The van der Waals surface area contributed by atoms with Gasteiger partial charge in [0.05, 0.1) is 11.3 Å². The fourth-order valence-corrected chi connectivity index (χ4v) is 8.05. The predicted octanol–water partition coefficient (Wildman–Crippen LogP) is 6.23. The van der Waals surface area contributed by atoms with E-state index in [1.165, 1.54) is 21.9 Å². The maximum Gasteiger partial charge on any atom is 0.0890 e. The number of benzene rings is 1. The van der Waals surface area contributed by atoms with Crippen LogP contribution >= 0.6 is 0 Å². The van der Waals surface area contributed by atoms with Crippen molar-refractivity contribution in [2.24, 2.45) is 28.3 Å². The molecule has 0 spiro atoms. The SMILES string of the molecule is CC12CC=C3CC4CC/C(=N/O)CC4CC[C@]3(O)C1CCC2c1ccc2ccncc2c1. The molecule has 2 N–H and O–H groups in total. The number of oxime groups is 1. The Morgan fingerprint density at radius 1 is 1.03 bits per heavy atom. The lowest BCUT2D eigenvalue weighted by atomic mass is 9.57. The van der Waals surface area contributed by atoms with Gasteiger partial charge in [-0.05, 0) is 116 Å². The number of hydrogen-bond donors (Lipinski definition) is 2. The summed E-state index contributed by atoms with van der Waals surface area (Å²) >= 11 is 0. The summed E-state index contributed by atoms with van der Waals surface area (Å²) in [7, 11) is 0. The van der Waals surface area contributed by atoms with E-state index in [-0.39, 0.29) is 5.41 Å². The lowest BCUT2D eigenvalue weighted by Gasteiger charge is -2.50. The molecule has 0 bridgehead atoms. The van der Waals surface area contributed by atoms with Crippen LogP contribution in [0, 0.1) is 23.2 Å². The Kier molecular flexibility index (Phi) is 4.73. The molecule has 4 nitrogen and oxygen atoms in total. The highest BCUT2D eigenvalue weighted by molar-refractivity contribution is 5.85. The molecule has 168 valence electrons. The summed E-state index contributed by atoms with van der Waals surface area (Å²) in [5, 5.41) is 27.5. The number of hydrogen-bond acceptors (Lipinski definition) is 4. The molecule has 4 aliphatic rings. The van der Waals surface area contributed by atoms with Crippen LogP contribution in [0.2, 0.25) is 0 Å². The highest BCUT2D eigenvalue weighted by Crippen LogP contribution is 2.64. The zero-order valence-electron chi connectivity index (χ0n) is 19.0. The largest absolute Gasteiger partial charge is 0.411 e. The van der Waals surface area contributed by atoms with E-state index in [9.17, 15) is 10.3 Å². The van der Waals surface area contributed by atoms with E-state index in [4.69, 9.17) is 0 Å². The minimum Gasteiger partial charge on any atom is -0.411 e. The van der Waals surface area contributed by atoms with Crippen LogP contribution in [0.4, 0.5) is 0 Å². The minimum atomic E-state index is -0.673. The second kappa shape index (κ2) is 7.41. The molecule has 4 aliphatic carbocycles. The molecule has 2 aromatic rings. The predicted molar refractivity (Wildman–Crippen MR) is 127 cm³/mol. The molecule has 32 heavy (non-hydrogen) atoms. The number of rotatable bonds is 1. The van der Waals surface area contributed by atoms with Crippen LogP contribution in [0.25, 0.3) is 10.8 Å². The molecule has 4 heteroatoms. The molecule has 0 saturated heterocycles. The topological polar surface area (TPSA) is 65.7 Å². The Morgan fingerprint density at radius 3 is 2.78 bits per heavy atom. The quantitative estimate of drug-likeness (QED) is 0.320. The molecular formula is C28H34N2O2. The number of aliphatic hydroxyl groups is 1. The fraction of sp³-hybridized carbons (Fsp3) is 0.571. The van der Waals surface area contributed by atoms with Gasteiger partial charge in [0, 0.05) is 17.8 Å². The van der Waals surface area contributed by atoms with Crippen LogP contribution in [0.1, 0.15) is 76.2 Å². The van der Waals surface area contributed by atoms with Gasteiger partial charge in [0.2, 0.25) is 0 Å². The number of aromatic nitrogens is 1. The van der Waals surface area contributed by atoms with Crippen LogP contribution < -0.4 is 0 Å². The van der Waals surface area contributed by atoms with Crippen molar-refractivity contribution >= 4 is 16.5 Å². The van der Waals surface area contributed by atoms with E-state index in [0.717, 1.165) is 63.5 Å². The summed E-state index contributed by atoms with van der Waals surface area (Å²) in [6, 6.07) is 8.95. The number of fused-ring (bicyclic) bond motifs is 5. The molecule has 6 rings (SSSR count). The molecule has 5 unspecified atom stereocenters. The summed E-state index contributed by atoms with van der Waals surface area (Å²) in [6.45, 7) is 2.43. The molecule has 0 aliphatic heterocycles. The summed E-state index contributed by atoms with van der Waals surface area (Å²) in [5.41, 5.74) is 3.09. The van der Waals surface area contributed by atoms with Crippen molar-refractivity contribution in [3.63, 3.8) is 0 Å². The van der Waals surface area contributed by atoms with Crippen LogP contribution in [-0.4, -0.2) is 26.6 Å². The molecule has 1 aromatic carbocycles. The van der Waals surface area contributed by atoms with Crippen LogP contribution in [0.15, 0.2) is 53.5 Å². The zero-order chi connectivity index (χ0) is 21.9. The van der Waals surface area contributed by atoms with Gasteiger partial charge in [-0.1, -0.05) is 30.3 Å². The van der Waals surface area contributed by atoms with E-state index < -0.39 is 5.60 Å². The maximum atomic E-state index is 12.3. The van der Waals surface area contributed by atoms with Gasteiger partial charge in [-0.3, -0.25) is 4.98 Å². The first-order valence-corrected chi connectivity index (χ1v) is 12.5. The van der Waals surface area contributed by atoms with Crippen molar-refractivity contribution in [2.45, 2.75) is 76.2 Å². The third kappa shape index (κ3) is 2.98. The second-order valence-corrected chi connectivity index (χ2v) is 11.2. The lowest BCUT2D eigenvalue weighted by Crippen LogP contribution is -2.49. The Hall–Kier alpha value is -2.20. The summed E-state index contributed by atoms with van der Waals surface area (Å²) in [6.07, 6.45) is 15.4. The van der Waals surface area contributed by atoms with Gasteiger partial charge in [0.1, 0.15) is 0 Å². The van der Waals surface area contributed by atoms with Crippen molar-refractivity contribution in [1.82, 2.24) is 4.98 Å². The molecule has 3 saturated carbocycles. The van der Waals surface area contributed by atoms with Crippen LogP contribution in [-0.2, 0) is 0 Å². The molecule has 0 radical (unpaired) electrons. The Bertz CT molecular complexity index is 1110. The summed E-state index contributed by atoms with van der Waals surface area (Å²) < 4.78 is 0. The van der Waals surface area contributed by atoms with Gasteiger partial charge < -0.3 is 10.3 Å². The van der Waals surface area contributed by atoms with Crippen molar-refractivity contribution in [3.8, 4) is 0 Å². The highest BCUT2D eigenvalue weighted by Gasteiger charge is 2.59. The van der Waals surface area contributed by atoms with Gasteiger partial charge in [-0.25, -0.2) is 0 Å². The summed E-state index contributed by atoms with van der Waals surface area (Å²) in [4.78, 5) is 4.33. The van der Waals surface area contributed by atoms with Crippen LogP contribution in [0.3, 0.4) is 0 Å². The van der Waals surface area contributed by atoms with Gasteiger partial charge in [0.25, 0.3) is 0 Å². The Balaban J connectivity index is 1.33. The highest BCUT2D eigenvalue weighted by atomic mass is 16.4. The van der Waals surface area contributed by atoms with Crippen molar-refractivity contribution < 1.29 is 10.3 Å². The Labute approximate surface area is 190 Å². The number of allylic oxidation sites excluding steroid dienone is 1. The lowest BCUT2D eigenvalue weighted by molar-refractivity contribution is -0.0499. The summed E-state index contributed by atoms with van der Waals surface area (Å²) in [5.74, 6) is 1.95. The molecular weight excluding hydrogens is 396 g/mol. The monoisotopic (exact) mass is 430 g/mol. The molecule has 1 aromatic heterocycles. The van der Waals surface area contributed by atoms with Crippen molar-refractivity contribution in [2.75, 3.05) is 0 Å². The van der Waals surface area contributed by atoms with Crippen LogP contribution in [0.5, 0.6) is 0 Å². The maximum absolute atomic E-state index is 12.3. The molecule has 6 atom stereocenters. The van der Waals surface area contributed by atoms with E-state index >= 15 is 0 Å². The van der Waals surface area contributed by atoms with Crippen molar-refractivity contribution in [1.29, 1.82) is 0 Å². The first-order valence-electron chi connectivity index (χ1n) is 12.5. The van der Waals surface area contributed by atoms with Gasteiger partial charge in [-0.15, -0.1) is 0 Å². The third-order valence-electron chi connectivity index (χ3n) is 9.81. The molecule has 1 heterocycles. The van der Waals surface area contributed by atoms with Gasteiger partial charge in [0.15, 0.2) is 0 Å².